The number of methoxy groups -OCH3 is 1. The molecule has 1 aromatic rings. The topological polar surface area (TPSA) is 157 Å². The van der Waals surface area contributed by atoms with E-state index in [-0.39, 0.29) is 0 Å². The summed E-state index contributed by atoms with van der Waals surface area (Å²) in [4.78, 5) is 64.9. The smallest absolute Gasteiger partial charge is 0.408 e. The monoisotopic (exact) mass is 520 g/mol. The van der Waals surface area contributed by atoms with E-state index in [2.05, 4.69) is 15.4 Å². The van der Waals surface area contributed by atoms with E-state index in [9.17, 15) is 24.0 Å². The van der Waals surface area contributed by atoms with Gasteiger partial charge in [0.25, 0.3) is 0 Å². The second-order valence-corrected chi connectivity index (χ2v) is 10.9. The minimum Gasteiger partial charge on any atom is -0.468 e. The molecule has 4 N–H and O–H groups in total. The van der Waals surface area contributed by atoms with Gasteiger partial charge in [-0.15, -0.1) is 0 Å². The Morgan fingerprint density at radius 3 is 1.95 bits per heavy atom. The Kier molecular flexibility index (Phi) is 10.7. The zero-order valence-electron chi connectivity index (χ0n) is 23.2. The molecular weight excluding hydrogens is 480 g/mol. The van der Waals surface area contributed by atoms with Crippen LogP contribution in [0.1, 0.15) is 70.7 Å². The number of carbonyl (C=O) groups excluding carboxylic acids is 5. The molecule has 0 spiro atoms. The second-order valence-electron chi connectivity index (χ2n) is 10.9. The fraction of sp³-hybridized carbons (Fsp3) is 0.577. The molecule has 37 heavy (non-hydrogen) atoms. The van der Waals surface area contributed by atoms with Crippen LogP contribution in [0.3, 0.4) is 0 Å². The number of alkyl carbamates (subject to hydrolysis) is 1. The van der Waals surface area contributed by atoms with Gasteiger partial charge in [0.2, 0.25) is 17.7 Å². The van der Waals surface area contributed by atoms with Gasteiger partial charge in [0, 0.05) is 5.54 Å². The van der Waals surface area contributed by atoms with Gasteiger partial charge in [0.1, 0.15) is 24.2 Å². The molecule has 0 radical (unpaired) electrons. The SMILES string of the molecule is COC(=O)CNC(=O)C(c1cc(C)cc(C)c1)N(C(=O)C(CC(N)=O)NC(=O)OC(C)(C)C)C(C)(C)C. The van der Waals surface area contributed by atoms with Crippen LogP contribution in [0.25, 0.3) is 0 Å². The first-order valence-electron chi connectivity index (χ1n) is 11.9. The van der Waals surface area contributed by atoms with Crippen molar-refractivity contribution in [2.45, 2.75) is 85.0 Å². The first kappa shape index (κ1) is 31.4. The van der Waals surface area contributed by atoms with Crippen molar-refractivity contribution in [3.63, 3.8) is 0 Å². The second kappa shape index (κ2) is 12.6. The van der Waals surface area contributed by atoms with Crippen molar-refractivity contribution >= 4 is 29.8 Å². The van der Waals surface area contributed by atoms with Crippen LogP contribution < -0.4 is 16.4 Å². The first-order chi connectivity index (χ1) is 16.9. The Hall–Kier alpha value is -3.63. The number of aryl methyl sites for hydroxylation is 2. The molecule has 1 aromatic carbocycles. The summed E-state index contributed by atoms with van der Waals surface area (Å²) < 4.78 is 9.88. The third-order valence-corrected chi connectivity index (χ3v) is 5.06. The summed E-state index contributed by atoms with van der Waals surface area (Å²) in [5.41, 5.74) is 5.74. The van der Waals surface area contributed by atoms with Gasteiger partial charge >= 0.3 is 12.1 Å². The summed E-state index contributed by atoms with van der Waals surface area (Å²) in [7, 11) is 1.19. The van der Waals surface area contributed by atoms with Crippen LogP contribution in [-0.2, 0) is 28.7 Å². The number of ether oxygens (including phenoxy) is 2. The van der Waals surface area contributed by atoms with Crippen LogP contribution in [0.5, 0.6) is 0 Å². The molecule has 2 atom stereocenters. The number of amides is 4. The average Bonchev–Trinajstić information content (AvgIpc) is 2.71. The molecule has 11 nitrogen and oxygen atoms in total. The molecule has 206 valence electrons. The average molecular weight is 521 g/mol. The predicted molar refractivity (Wildman–Crippen MR) is 137 cm³/mol. The summed E-state index contributed by atoms with van der Waals surface area (Å²) in [5, 5.41) is 4.94. The maximum atomic E-state index is 14.0. The lowest BCUT2D eigenvalue weighted by Gasteiger charge is -2.43. The van der Waals surface area contributed by atoms with Crippen LogP contribution in [0.15, 0.2) is 18.2 Å². The van der Waals surface area contributed by atoms with Gasteiger partial charge in [-0.2, -0.15) is 0 Å². The molecule has 0 bridgehead atoms. The maximum Gasteiger partial charge on any atom is 0.408 e. The van der Waals surface area contributed by atoms with Gasteiger partial charge < -0.3 is 30.7 Å². The molecule has 2 unspecified atom stereocenters. The lowest BCUT2D eigenvalue weighted by atomic mass is 9.93. The van der Waals surface area contributed by atoms with E-state index in [1.165, 1.54) is 12.0 Å². The van der Waals surface area contributed by atoms with Crippen molar-refractivity contribution in [2.75, 3.05) is 13.7 Å². The number of hydrogen-bond acceptors (Lipinski definition) is 7. The summed E-state index contributed by atoms with van der Waals surface area (Å²) in [6, 6.07) is 2.80. The number of hydrogen-bond donors (Lipinski definition) is 3. The van der Waals surface area contributed by atoms with Gasteiger partial charge in [0.05, 0.1) is 13.5 Å². The highest BCUT2D eigenvalue weighted by atomic mass is 16.6. The number of esters is 1. The fourth-order valence-corrected chi connectivity index (χ4v) is 3.78. The number of benzene rings is 1. The summed E-state index contributed by atoms with van der Waals surface area (Å²) in [5.74, 6) is -2.87. The van der Waals surface area contributed by atoms with Gasteiger partial charge in [-0.25, -0.2) is 4.79 Å². The van der Waals surface area contributed by atoms with Crippen molar-refractivity contribution < 1.29 is 33.4 Å². The van der Waals surface area contributed by atoms with Crippen LogP contribution >= 0.6 is 0 Å². The van der Waals surface area contributed by atoms with E-state index in [1.54, 1.807) is 53.7 Å². The van der Waals surface area contributed by atoms with Crippen molar-refractivity contribution in [2.24, 2.45) is 5.73 Å². The molecule has 0 aliphatic rings. The predicted octanol–water partition coefficient (Wildman–Crippen LogP) is 2.03. The molecule has 0 heterocycles. The van der Waals surface area contributed by atoms with E-state index in [0.29, 0.717) is 5.56 Å². The van der Waals surface area contributed by atoms with Crippen LogP contribution in [0.2, 0.25) is 0 Å². The van der Waals surface area contributed by atoms with Gasteiger partial charge in [-0.05, 0) is 61.0 Å². The van der Waals surface area contributed by atoms with Gasteiger partial charge in [-0.1, -0.05) is 29.3 Å². The van der Waals surface area contributed by atoms with Crippen LogP contribution in [0, 0.1) is 13.8 Å². The maximum absolute atomic E-state index is 14.0. The highest BCUT2D eigenvalue weighted by Gasteiger charge is 2.42. The Morgan fingerprint density at radius 2 is 1.51 bits per heavy atom. The largest absolute Gasteiger partial charge is 0.468 e. The summed E-state index contributed by atoms with van der Waals surface area (Å²) >= 11 is 0. The number of nitrogens with two attached hydrogens (primary N) is 1. The molecule has 0 saturated heterocycles. The van der Waals surface area contributed by atoms with Crippen molar-refractivity contribution in [3.8, 4) is 0 Å². The third kappa shape index (κ3) is 10.1. The van der Waals surface area contributed by atoms with Crippen LogP contribution in [0.4, 0.5) is 4.79 Å². The lowest BCUT2D eigenvalue weighted by molar-refractivity contribution is -0.150. The van der Waals surface area contributed by atoms with Crippen molar-refractivity contribution in [1.82, 2.24) is 15.5 Å². The molecule has 11 heteroatoms. The van der Waals surface area contributed by atoms with E-state index >= 15 is 0 Å². The normalized spacial score (nSPS) is 13.1. The number of nitrogens with one attached hydrogen (secondary N) is 2. The third-order valence-electron chi connectivity index (χ3n) is 5.06. The van der Waals surface area contributed by atoms with Gasteiger partial charge in [-0.3, -0.25) is 19.2 Å². The minimum atomic E-state index is -1.41. The van der Waals surface area contributed by atoms with Crippen molar-refractivity contribution in [3.05, 3.63) is 34.9 Å². The van der Waals surface area contributed by atoms with E-state index in [0.717, 1.165) is 11.1 Å². The summed E-state index contributed by atoms with van der Waals surface area (Å²) in [6.45, 7) is 13.4. The molecule has 0 aliphatic carbocycles. The van der Waals surface area contributed by atoms with Gasteiger partial charge in [0.15, 0.2) is 0 Å². The quantitative estimate of drug-likeness (QED) is 0.420. The van der Waals surface area contributed by atoms with E-state index < -0.39 is 66.0 Å². The Labute approximate surface area is 218 Å². The Balaban J connectivity index is 3.64. The standard InChI is InChI=1S/C26H40N4O7/c1-15-10-16(2)12-17(11-15)21(22(33)28-14-20(32)36-9)30(25(3,4)5)23(34)18(13-19(27)31)29-24(35)37-26(6,7)8/h10-12,18,21H,13-14H2,1-9H3,(H2,27,31)(H,28,33)(H,29,35). The number of carbonyl (C=O) groups is 5. The Bertz CT molecular complexity index is 1000. The number of nitrogens with zero attached hydrogens (tertiary/aromatic N) is 1. The van der Waals surface area contributed by atoms with Crippen LogP contribution in [-0.4, -0.2) is 65.5 Å². The van der Waals surface area contributed by atoms with Crippen molar-refractivity contribution in [1.29, 1.82) is 0 Å². The number of primary amides is 1. The number of rotatable bonds is 9. The molecule has 1 rings (SSSR count). The van der Waals surface area contributed by atoms with E-state index in [1.807, 2.05) is 19.9 Å². The molecule has 0 fully saturated rings. The molecule has 4 amide bonds. The highest BCUT2D eigenvalue weighted by Crippen LogP contribution is 2.31. The zero-order valence-corrected chi connectivity index (χ0v) is 23.2. The van der Waals surface area contributed by atoms with E-state index in [4.69, 9.17) is 10.5 Å². The lowest BCUT2D eigenvalue weighted by Crippen LogP contribution is -2.59. The highest BCUT2D eigenvalue weighted by molar-refractivity contribution is 5.95. The summed E-state index contributed by atoms with van der Waals surface area (Å²) in [6.07, 6.45) is -1.44. The molecule has 0 aromatic heterocycles. The molecule has 0 aliphatic heterocycles. The fourth-order valence-electron chi connectivity index (χ4n) is 3.78. The zero-order chi connectivity index (χ0) is 28.7. The Morgan fingerprint density at radius 1 is 0.973 bits per heavy atom. The molecular formula is C26H40N4O7. The molecule has 0 saturated carbocycles. The minimum absolute atomic E-state index is 0.413. The first-order valence-corrected chi connectivity index (χ1v) is 11.9.